The SMILES string of the molecule is Cc1ccc(C(=O)N2CCc3oc(C4CCOCC4)nc3C2)cc1N1CCNC1=O. The van der Waals surface area contributed by atoms with Crippen LogP contribution in [-0.2, 0) is 17.7 Å². The van der Waals surface area contributed by atoms with Crippen molar-refractivity contribution >= 4 is 17.6 Å². The molecule has 0 saturated carbocycles. The monoisotopic (exact) mass is 410 g/mol. The van der Waals surface area contributed by atoms with Gasteiger partial charge in [-0.2, -0.15) is 0 Å². The number of amides is 3. The fourth-order valence-corrected chi connectivity index (χ4v) is 4.43. The van der Waals surface area contributed by atoms with Crippen molar-refractivity contribution in [2.45, 2.75) is 38.6 Å². The van der Waals surface area contributed by atoms with Crippen LogP contribution in [0.5, 0.6) is 0 Å². The molecule has 0 bridgehead atoms. The van der Waals surface area contributed by atoms with Gasteiger partial charge in [-0.25, -0.2) is 9.78 Å². The normalized spacial score (nSPS) is 19.7. The van der Waals surface area contributed by atoms with Crippen LogP contribution in [-0.4, -0.2) is 54.7 Å². The van der Waals surface area contributed by atoms with Crippen molar-refractivity contribution < 1.29 is 18.7 Å². The number of benzene rings is 1. The van der Waals surface area contributed by atoms with Gasteiger partial charge in [0.2, 0.25) is 0 Å². The summed E-state index contributed by atoms with van der Waals surface area (Å²) < 4.78 is 11.5. The van der Waals surface area contributed by atoms with E-state index in [4.69, 9.17) is 14.1 Å². The van der Waals surface area contributed by atoms with Crippen LogP contribution in [0.4, 0.5) is 10.5 Å². The second kappa shape index (κ2) is 7.75. The molecule has 0 spiro atoms. The summed E-state index contributed by atoms with van der Waals surface area (Å²) >= 11 is 0. The van der Waals surface area contributed by atoms with E-state index in [0.29, 0.717) is 44.1 Å². The third-order valence-electron chi connectivity index (χ3n) is 6.21. The molecule has 3 aliphatic rings. The molecule has 4 heterocycles. The van der Waals surface area contributed by atoms with Crippen molar-refractivity contribution in [2.75, 3.05) is 37.7 Å². The molecule has 5 rings (SSSR count). The van der Waals surface area contributed by atoms with Crippen molar-refractivity contribution in [1.29, 1.82) is 0 Å². The van der Waals surface area contributed by atoms with Gasteiger partial charge in [0, 0.05) is 56.4 Å². The Labute approximate surface area is 175 Å². The van der Waals surface area contributed by atoms with E-state index in [9.17, 15) is 9.59 Å². The molecule has 2 fully saturated rings. The van der Waals surface area contributed by atoms with Crippen LogP contribution in [0.1, 0.15) is 52.0 Å². The highest BCUT2D eigenvalue weighted by molar-refractivity contribution is 5.99. The standard InChI is InChI=1S/C22H26N4O4/c1-14-2-3-16(12-18(14)26-9-7-23-22(26)28)21(27)25-8-4-19-17(13-25)24-20(30-19)15-5-10-29-11-6-15/h2-3,12,15H,4-11,13H2,1H3,(H,23,28). The first kappa shape index (κ1) is 19.1. The van der Waals surface area contributed by atoms with Crippen molar-refractivity contribution in [2.24, 2.45) is 0 Å². The maximum Gasteiger partial charge on any atom is 0.322 e. The molecule has 2 aromatic rings. The number of hydrogen-bond acceptors (Lipinski definition) is 5. The number of nitrogens with one attached hydrogen (secondary N) is 1. The lowest BCUT2D eigenvalue weighted by atomic mass is 10.0. The molecule has 30 heavy (non-hydrogen) atoms. The minimum atomic E-state index is -0.117. The zero-order valence-electron chi connectivity index (χ0n) is 17.1. The van der Waals surface area contributed by atoms with Crippen molar-refractivity contribution in [1.82, 2.24) is 15.2 Å². The number of carbonyl (C=O) groups is 2. The Bertz CT molecular complexity index is 980. The molecule has 0 unspecified atom stereocenters. The molecule has 158 valence electrons. The number of hydrogen-bond donors (Lipinski definition) is 1. The first-order chi connectivity index (χ1) is 14.6. The van der Waals surface area contributed by atoms with Gasteiger partial charge in [-0.1, -0.05) is 6.07 Å². The van der Waals surface area contributed by atoms with E-state index in [1.54, 1.807) is 4.90 Å². The third-order valence-corrected chi connectivity index (χ3v) is 6.21. The summed E-state index contributed by atoms with van der Waals surface area (Å²) in [4.78, 5) is 33.5. The van der Waals surface area contributed by atoms with E-state index in [1.807, 2.05) is 30.0 Å². The van der Waals surface area contributed by atoms with Gasteiger partial charge < -0.3 is 19.4 Å². The molecular formula is C22H26N4O4. The van der Waals surface area contributed by atoms with Gasteiger partial charge in [0.05, 0.1) is 6.54 Å². The van der Waals surface area contributed by atoms with Crippen LogP contribution in [0.25, 0.3) is 0 Å². The Kier molecular flexibility index (Phi) is 4.94. The molecule has 0 atom stereocenters. The van der Waals surface area contributed by atoms with Crippen molar-refractivity contribution in [3.8, 4) is 0 Å². The molecule has 3 amide bonds. The highest BCUT2D eigenvalue weighted by Gasteiger charge is 2.30. The number of nitrogens with zero attached hydrogens (tertiary/aromatic N) is 3. The summed E-state index contributed by atoms with van der Waals surface area (Å²) in [5.74, 6) is 1.95. The second-order valence-electron chi connectivity index (χ2n) is 8.17. The second-order valence-corrected chi connectivity index (χ2v) is 8.17. The maximum absolute atomic E-state index is 13.2. The summed E-state index contributed by atoms with van der Waals surface area (Å²) in [5.41, 5.74) is 3.22. The number of oxazole rings is 1. The highest BCUT2D eigenvalue weighted by Crippen LogP contribution is 2.31. The highest BCUT2D eigenvalue weighted by atomic mass is 16.5. The molecule has 3 aliphatic heterocycles. The molecule has 2 saturated heterocycles. The van der Waals surface area contributed by atoms with Gasteiger partial charge in [-0.3, -0.25) is 9.69 Å². The summed E-state index contributed by atoms with van der Waals surface area (Å²) in [5, 5.41) is 2.81. The number of anilines is 1. The number of ether oxygens (including phenoxy) is 1. The van der Waals surface area contributed by atoms with Gasteiger partial charge in [-0.05, 0) is 37.5 Å². The Hall–Kier alpha value is -2.87. The van der Waals surface area contributed by atoms with E-state index in [1.165, 1.54) is 0 Å². The summed E-state index contributed by atoms with van der Waals surface area (Å²) in [6.07, 6.45) is 2.53. The largest absolute Gasteiger partial charge is 0.445 e. The van der Waals surface area contributed by atoms with E-state index < -0.39 is 0 Å². The van der Waals surface area contributed by atoms with Gasteiger partial charge in [0.25, 0.3) is 5.91 Å². The number of aromatic nitrogens is 1. The lowest BCUT2D eigenvalue weighted by Crippen LogP contribution is -2.36. The van der Waals surface area contributed by atoms with Gasteiger partial charge >= 0.3 is 6.03 Å². The Morgan fingerprint density at radius 2 is 2.07 bits per heavy atom. The molecule has 1 N–H and O–H groups in total. The van der Waals surface area contributed by atoms with E-state index in [-0.39, 0.29) is 11.9 Å². The van der Waals surface area contributed by atoms with Crippen LogP contribution in [0.2, 0.25) is 0 Å². The molecule has 8 heteroatoms. The maximum atomic E-state index is 13.2. The molecule has 0 aliphatic carbocycles. The van der Waals surface area contributed by atoms with E-state index >= 15 is 0 Å². The minimum Gasteiger partial charge on any atom is -0.445 e. The average Bonchev–Trinajstić information content (AvgIpc) is 3.40. The smallest absolute Gasteiger partial charge is 0.322 e. The molecule has 8 nitrogen and oxygen atoms in total. The predicted octanol–water partition coefficient (Wildman–Crippen LogP) is 2.61. The average molecular weight is 410 g/mol. The fraction of sp³-hybridized carbons (Fsp3) is 0.500. The Morgan fingerprint density at radius 1 is 1.23 bits per heavy atom. The number of carbonyl (C=O) groups excluding carboxylic acids is 2. The first-order valence-electron chi connectivity index (χ1n) is 10.6. The number of rotatable bonds is 3. The van der Waals surface area contributed by atoms with Crippen LogP contribution >= 0.6 is 0 Å². The number of fused-ring (bicyclic) bond motifs is 1. The predicted molar refractivity (Wildman–Crippen MR) is 110 cm³/mol. The molecular weight excluding hydrogens is 384 g/mol. The summed E-state index contributed by atoms with van der Waals surface area (Å²) in [6, 6.07) is 5.45. The topological polar surface area (TPSA) is 87.9 Å². The zero-order valence-corrected chi connectivity index (χ0v) is 17.1. The first-order valence-corrected chi connectivity index (χ1v) is 10.6. The van der Waals surface area contributed by atoms with E-state index in [2.05, 4.69) is 5.32 Å². The van der Waals surface area contributed by atoms with Crippen LogP contribution < -0.4 is 10.2 Å². The van der Waals surface area contributed by atoms with Gasteiger partial charge in [0.15, 0.2) is 5.89 Å². The quantitative estimate of drug-likeness (QED) is 0.840. The van der Waals surface area contributed by atoms with Crippen LogP contribution in [0.15, 0.2) is 22.6 Å². The van der Waals surface area contributed by atoms with Crippen LogP contribution in [0.3, 0.4) is 0 Å². The van der Waals surface area contributed by atoms with Crippen molar-refractivity contribution in [3.63, 3.8) is 0 Å². The zero-order chi connectivity index (χ0) is 20.7. The summed E-state index contributed by atoms with van der Waals surface area (Å²) in [6.45, 7) is 5.72. The molecule has 0 radical (unpaired) electrons. The lowest BCUT2D eigenvalue weighted by Gasteiger charge is -2.26. The number of aryl methyl sites for hydroxylation is 1. The number of urea groups is 1. The third kappa shape index (κ3) is 3.45. The minimum absolute atomic E-state index is 0.0443. The molecule has 1 aromatic heterocycles. The van der Waals surface area contributed by atoms with Gasteiger partial charge in [0.1, 0.15) is 11.5 Å². The molecule has 1 aromatic carbocycles. The van der Waals surface area contributed by atoms with Crippen LogP contribution in [0, 0.1) is 6.92 Å². The fourth-order valence-electron chi connectivity index (χ4n) is 4.43. The Morgan fingerprint density at radius 3 is 2.83 bits per heavy atom. The Balaban J connectivity index is 1.34. The summed E-state index contributed by atoms with van der Waals surface area (Å²) in [7, 11) is 0. The lowest BCUT2D eigenvalue weighted by molar-refractivity contribution is 0.0726. The van der Waals surface area contributed by atoms with Crippen molar-refractivity contribution in [3.05, 3.63) is 46.7 Å². The van der Waals surface area contributed by atoms with Gasteiger partial charge in [-0.15, -0.1) is 0 Å². The van der Waals surface area contributed by atoms with E-state index in [0.717, 1.165) is 54.7 Å².